The Bertz CT molecular complexity index is 4250. The van der Waals surface area contributed by atoms with Crippen LogP contribution in [0.1, 0.15) is 0 Å². The molecule has 0 aliphatic rings. The summed E-state index contributed by atoms with van der Waals surface area (Å²) in [5, 5.41) is 20.7. The summed E-state index contributed by atoms with van der Waals surface area (Å²) in [6, 6.07) is 124. The van der Waals surface area contributed by atoms with Gasteiger partial charge < -0.3 is 0 Å². The molecule has 0 saturated heterocycles. The van der Waals surface area contributed by atoms with E-state index in [9.17, 15) is 0 Å². The zero-order valence-electron chi connectivity index (χ0n) is 43.2. The number of rotatable bonds is 11. The van der Waals surface area contributed by atoms with Gasteiger partial charge in [0.05, 0.1) is 0 Å². The lowest BCUT2D eigenvalue weighted by atomic mass is 9.85. The van der Waals surface area contributed by atoms with Gasteiger partial charge in [0.25, 0.3) is 0 Å². The van der Waals surface area contributed by atoms with Crippen molar-refractivity contribution in [2.75, 3.05) is 0 Å². The first-order valence-electron chi connectivity index (χ1n) is 27.1. The second kappa shape index (κ2) is 19.9. The molecular formula is C76H54Si2. The smallest absolute Gasteiger partial charge is 0.0623 e. The molecule has 0 spiro atoms. The van der Waals surface area contributed by atoms with Crippen LogP contribution in [0.25, 0.3) is 76.5 Å². The average molecular weight is 1020 g/mol. The maximum atomic E-state index is 2.61. The van der Waals surface area contributed by atoms with Crippen LogP contribution in [0.2, 0.25) is 0 Å². The van der Waals surface area contributed by atoms with Crippen LogP contribution >= 0.6 is 0 Å². The van der Waals surface area contributed by atoms with Crippen LogP contribution in [0.4, 0.5) is 0 Å². The summed E-state index contributed by atoms with van der Waals surface area (Å²) in [7, 11) is -5.92. The van der Waals surface area contributed by atoms with Gasteiger partial charge in [-0.15, -0.1) is 0 Å². The molecule has 366 valence electrons. The third kappa shape index (κ3) is 7.79. The second-order valence-electron chi connectivity index (χ2n) is 20.6. The maximum absolute atomic E-state index is 2.96. The van der Waals surface area contributed by atoms with E-state index in [1.54, 1.807) is 0 Å². The van der Waals surface area contributed by atoms with Gasteiger partial charge in [-0.2, -0.15) is 0 Å². The van der Waals surface area contributed by atoms with Gasteiger partial charge >= 0.3 is 0 Å². The Hall–Kier alpha value is -9.45. The van der Waals surface area contributed by atoms with Gasteiger partial charge in [-0.3, -0.25) is 0 Å². The Labute approximate surface area is 458 Å². The first-order valence-corrected chi connectivity index (χ1v) is 31.1. The van der Waals surface area contributed by atoms with Crippen molar-refractivity contribution in [3.63, 3.8) is 0 Å². The summed E-state index contributed by atoms with van der Waals surface area (Å²) in [6.07, 6.45) is 0. The molecular weight excluding hydrogens is 969 g/mol. The van der Waals surface area contributed by atoms with Crippen molar-refractivity contribution in [2.45, 2.75) is 0 Å². The van der Waals surface area contributed by atoms with Gasteiger partial charge in [0.15, 0.2) is 16.1 Å². The molecule has 0 unspecified atom stereocenters. The van der Waals surface area contributed by atoms with Crippen LogP contribution in [0.15, 0.2) is 328 Å². The van der Waals surface area contributed by atoms with Crippen LogP contribution in [-0.4, -0.2) is 16.1 Å². The Balaban J connectivity index is 1.14. The second-order valence-corrected chi connectivity index (χ2v) is 28.3. The summed E-state index contributed by atoms with van der Waals surface area (Å²) in [5.41, 5.74) is 7.32. The molecule has 0 fully saturated rings. The van der Waals surface area contributed by atoms with Gasteiger partial charge in [-0.1, -0.05) is 322 Å². The third-order valence-electron chi connectivity index (χ3n) is 16.5. The van der Waals surface area contributed by atoms with E-state index in [1.165, 1.54) is 118 Å². The van der Waals surface area contributed by atoms with Crippen molar-refractivity contribution in [2.24, 2.45) is 0 Å². The lowest BCUT2D eigenvalue weighted by Gasteiger charge is -2.35. The fraction of sp³-hybridized carbons (Fsp3) is 0. The topological polar surface area (TPSA) is 0 Å². The molecule has 0 radical (unpaired) electrons. The minimum Gasteiger partial charge on any atom is -0.0623 e. The fourth-order valence-electron chi connectivity index (χ4n) is 13.1. The number of fused-ring (bicyclic) bond motifs is 4. The van der Waals surface area contributed by atoms with Crippen molar-refractivity contribution in [3.05, 3.63) is 328 Å². The highest BCUT2D eigenvalue weighted by Gasteiger charge is 2.43. The molecule has 0 N–H and O–H groups in total. The van der Waals surface area contributed by atoms with Gasteiger partial charge in [0.2, 0.25) is 0 Å². The molecule has 0 nitrogen and oxygen atoms in total. The van der Waals surface area contributed by atoms with E-state index in [-0.39, 0.29) is 0 Å². The van der Waals surface area contributed by atoms with Crippen LogP contribution < -0.4 is 41.5 Å². The van der Waals surface area contributed by atoms with E-state index in [4.69, 9.17) is 0 Å². The van der Waals surface area contributed by atoms with E-state index < -0.39 is 16.1 Å². The molecule has 0 aliphatic carbocycles. The Morgan fingerprint density at radius 2 is 0.513 bits per heavy atom. The maximum Gasteiger partial charge on any atom is 0.179 e. The van der Waals surface area contributed by atoms with Gasteiger partial charge in [-0.05, 0) is 124 Å². The molecule has 0 heterocycles. The molecule has 0 saturated carbocycles. The van der Waals surface area contributed by atoms with E-state index in [0.717, 1.165) is 0 Å². The SMILES string of the molecule is c1ccc([Si](c2ccccc2)(c2ccccc2)c2ccc3c(-c4ccc5ccccc5c4)c4cc([Si](c5ccccc5)(c5ccccc5)c5ccccc5)ccc4c(-c4ccc(-c5cccc6ccccc56)cc4)c3c2)cc1. The Morgan fingerprint density at radius 3 is 0.962 bits per heavy atom. The number of benzene rings is 14. The lowest BCUT2D eigenvalue weighted by molar-refractivity contribution is 1.63. The fourth-order valence-corrected chi connectivity index (χ4v) is 22.6. The summed E-state index contributed by atoms with van der Waals surface area (Å²) >= 11 is 0. The van der Waals surface area contributed by atoms with Crippen LogP contribution in [0, 0.1) is 0 Å². The minimum atomic E-state index is -2.96. The normalized spacial score (nSPS) is 11.8. The van der Waals surface area contributed by atoms with Gasteiger partial charge in [0.1, 0.15) is 0 Å². The standard InChI is InChI=1S/C76H54Si2/c1-7-28-61(29-8-1)77(62-30-9-2-10-31-62,63-32-11-3-12-33-63)67-49-51-72-73(53-67)75(58-45-43-57(44-46-58)70-41-23-27-56-25-21-22-40-69(56)70)71-50-48-68(54-74(71)76(72)60-47-42-55-24-19-20-26-59(55)52-60)78(64-34-13-4-14-35-64,65-36-15-5-16-37-65)66-38-17-6-18-39-66/h1-54H. The summed E-state index contributed by atoms with van der Waals surface area (Å²) < 4.78 is 0. The highest BCUT2D eigenvalue weighted by molar-refractivity contribution is 7.20. The molecule has 0 aliphatic heterocycles. The van der Waals surface area contributed by atoms with Crippen molar-refractivity contribution in [1.29, 1.82) is 0 Å². The van der Waals surface area contributed by atoms with Crippen LogP contribution in [-0.2, 0) is 0 Å². The zero-order chi connectivity index (χ0) is 51.9. The Kier molecular flexibility index (Phi) is 12.0. The Morgan fingerprint density at radius 1 is 0.167 bits per heavy atom. The monoisotopic (exact) mass is 1020 g/mol. The van der Waals surface area contributed by atoms with Crippen molar-refractivity contribution < 1.29 is 0 Å². The molecule has 0 amide bonds. The predicted octanol–water partition coefficient (Wildman–Crippen LogP) is 14.1. The first kappa shape index (κ1) is 47.0. The highest BCUT2D eigenvalue weighted by atomic mass is 28.3. The van der Waals surface area contributed by atoms with Crippen molar-refractivity contribution in [1.82, 2.24) is 0 Å². The van der Waals surface area contributed by atoms with Crippen LogP contribution in [0.3, 0.4) is 0 Å². The molecule has 14 aromatic rings. The van der Waals surface area contributed by atoms with Gasteiger partial charge in [-0.25, -0.2) is 0 Å². The molecule has 2 heteroatoms. The van der Waals surface area contributed by atoms with E-state index in [1.807, 2.05) is 0 Å². The van der Waals surface area contributed by atoms with E-state index in [2.05, 4.69) is 328 Å². The first-order chi connectivity index (χ1) is 38.7. The van der Waals surface area contributed by atoms with Crippen LogP contribution in [0.5, 0.6) is 0 Å². The number of hydrogen-bond donors (Lipinski definition) is 0. The molecule has 0 aromatic heterocycles. The predicted molar refractivity (Wildman–Crippen MR) is 340 cm³/mol. The minimum absolute atomic E-state index is 1.19. The third-order valence-corrected chi connectivity index (χ3v) is 26.1. The van der Waals surface area contributed by atoms with Crippen molar-refractivity contribution in [3.8, 4) is 33.4 Å². The van der Waals surface area contributed by atoms with Crippen molar-refractivity contribution >= 4 is 101 Å². The molecule has 14 aromatic carbocycles. The average Bonchev–Trinajstić information content (AvgIpc) is 3.60. The summed E-state index contributed by atoms with van der Waals surface area (Å²) in [6.45, 7) is 0. The lowest BCUT2D eigenvalue weighted by Crippen LogP contribution is -2.74. The van der Waals surface area contributed by atoms with E-state index in [0.29, 0.717) is 0 Å². The molecule has 0 bridgehead atoms. The number of hydrogen-bond acceptors (Lipinski definition) is 0. The largest absolute Gasteiger partial charge is 0.179 e. The van der Waals surface area contributed by atoms with Gasteiger partial charge in [0, 0.05) is 0 Å². The zero-order valence-corrected chi connectivity index (χ0v) is 45.2. The van der Waals surface area contributed by atoms with E-state index >= 15 is 0 Å². The molecule has 0 atom stereocenters. The summed E-state index contributed by atoms with van der Waals surface area (Å²) in [5.74, 6) is 0. The molecule has 78 heavy (non-hydrogen) atoms. The summed E-state index contributed by atoms with van der Waals surface area (Å²) in [4.78, 5) is 0. The highest BCUT2D eigenvalue weighted by Crippen LogP contribution is 2.45. The quantitative estimate of drug-likeness (QED) is 0.0688. The molecule has 14 rings (SSSR count).